The van der Waals surface area contributed by atoms with Crippen molar-refractivity contribution in [3.63, 3.8) is 0 Å². The largest absolute Gasteiger partial charge is 0.336 e. The predicted molar refractivity (Wildman–Crippen MR) is 77.1 cm³/mol. The lowest BCUT2D eigenvalue weighted by atomic mass is 10.2. The fourth-order valence-electron chi connectivity index (χ4n) is 1.82. The van der Waals surface area contributed by atoms with Crippen molar-refractivity contribution in [2.75, 3.05) is 33.2 Å². The first-order valence-corrected chi connectivity index (χ1v) is 6.26. The number of piperazine rings is 1. The molecule has 0 N–H and O–H groups in total. The van der Waals surface area contributed by atoms with Gasteiger partial charge in [-0.15, -0.1) is 12.4 Å². The highest BCUT2D eigenvalue weighted by molar-refractivity contribution is 6.42. The van der Waals surface area contributed by atoms with Crippen molar-refractivity contribution in [2.24, 2.45) is 0 Å². The topological polar surface area (TPSA) is 23.6 Å². The van der Waals surface area contributed by atoms with E-state index in [0.29, 0.717) is 15.6 Å². The van der Waals surface area contributed by atoms with Gasteiger partial charge < -0.3 is 9.80 Å². The van der Waals surface area contributed by atoms with Crippen LogP contribution < -0.4 is 0 Å². The molecule has 1 aliphatic heterocycles. The first-order valence-electron chi connectivity index (χ1n) is 5.51. The molecule has 1 heterocycles. The number of halogens is 3. The third-order valence-corrected chi connectivity index (χ3v) is 3.70. The highest BCUT2D eigenvalue weighted by atomic mass is 35.5. The van der Waals surface area contributed by atoms with Crippen LogP contribution in [0.15, 0.2) is 18.2 Å². The Hall–Kier alpha value is -0.480. The lowest BCUT2D eigenvalue weighted by molar-refractivity contribution is 0.0664. The summed E-state index contributed by atoms with van der Waals surface area (Å²) in [5.74, 6) is 0.0247. The van der Waals surface area contributed by atoms with E-state index in [0.717, 1.165) is 26.2 Å². The van der Waals surface area contributed by atoms with E-state index in [4.69, 9.17) is 23.2 Å². The molecule has 6 heteroatoms. The van der Waals surface area contributed by atoms with E-state index < -0.39 is 0 Å². The SMILES string of the molecule is CN1CCN(C(=O)c2ccc(Cl)c(Cl)c2)CC1.Cl. The zero-order valence-electron chi connectivity index (χ0n) is 10.0. The summed E-state index contributed by atoms with van der Waals surface area (Å²) < 4.78 is 0. The number of hydrogen-bond acceptors (Lipinski definition) is 2. The van der Waals surface area contributed by atoms with Crippen LogP contribution in [0.1, 0.15) is 10.4 Å². The van der Waals surface area contributed by atoms with Crippen LogP contribution in [0.25, 0.3) is 0 Å². The zero-order chi connectivity index (χ0) is 12.4. The number of benzene rings is 1. The molecule has 1 aromatic rings. The van der Waals surface area contributed by atoms with E-state index in [-0.39, 0.29) is 18.3 Å². The molecular formula is C12H15Cl3N2O. The molecule has 0 radical (unpaired) electrons. The second-order valence-electron chi connectivity index (χ2n) is 4.22. The van der Waals surface area contributed by atoms with E-state index in [1.165, 1.54) is 0 Å². The Balaban J connectivity index is 0.00000162. The van der Waals surface area contributed by atoms with Gasteiger partial charge in [0.2, 0.25) is 0 Å². The van der Waals surface area contributed by atoms with Crippen molar-refractivity contribution in [3.05, 3.63) is 33.8 Å². The van der Waals surface area contributed by atoms with Crippen LogP contribution >= 0.6 is 35.6 Å². The Labute approximate surface area is 123 Å². The Morgan fingerprint density at radius 3 is 2.28 bits per heavy atom. The highest BCUT2D eigenvalue weighted by Gasteiger charge is 2.20. The van der Waals surface area contributed by atoms with Gasteiger partial charge in [0.05, 0.1) is 10.0 Å². The summed E-state index contributed by atoms with van der Waals surface area (Å²) in [5.41, 5.74) is 0.601. The average Bonchev–Trinajstić information content (AvgIpc) is 2.33. The van der Waals surface area contributed by atoms with E-state index in [1.807, 2.05) is 4.90 Å². The van der Waals surface area contributed by atoms with Crippen molar-refractivity contribution in [2.45, 2.75) is 0 Å². The number of rotatable bonds is 1. The minimum absolute atomic E-state index is 0. The molecule has 100 valence electrons. The van der Waals surface area contributed by atoms with Crippen molar-refractivity contribution >= 4 is 41.5 Å². The highest BCUT2D eigenvalue weighted by Crippen LogP contribution is 2.23. The van der Waals surface area contributed by atoms with Gasteiger partial charge in [-0.05, 0) is 25.2 Å². The van der Waals surface area contributed by atoms with Gasteiger partial charge in [-0.2, -0.15) is 0 Å². The first-order chi connectivity index (χ1) is 8.08. The molecule has 0 saturated carbocycles. The van der Waals surface area contributed by atoms with Gasteiger partial charge in [0.1, 0.15) is 0 Å². The summed E-state index contributed by atoms with van der Waals surface area (Å²) in [6.45, 7) is 3.34. The summed E-state index contributed by atoms with van der Waals surface area (Å²) in [4.78, 5) is 16.2. The van der Waals surface area contributed by atoms with E-state index >= 15 is 0 Å². The van der Waals surface area contributed by atoms with Crippen LogP contribution in [0.2, 0.25) is 10.0 Å². The van der Waals surface area contributed by atoms with Crippen molar-refractivity contribution < 1.29 is 4.79 Å². The molecule has 1 fully saturated rings. The third kappa shape index (κ3) is 3.51. The normalized spacial score (nSPS) is 16.3. The van der Waals surface area contributed by atoms with Crippen LogP contribution in [-0.2, 0) is 0 Å². The van der Waals surface area contributed by atoms with Crippen LogP contribution in [-0.4, -0.2) is 48.9 Å². The Kier molecular flexibility index (Phi) is 5.73. The number of hydrogen-bond donors (Lipinski definition) is 0. The standard InChI is InChI=1S/C12H14Cl2N2O.ClH/c1-15-4-6-16(7-5-15)12(17)9-2-3-10(13)11(14)8-9;/h2-3,8H,4-7H2,1H3;1H. The van der Waals surface area contributed by atoms with Gasteiger partial charge >= 0.3 is 0 Å². The Morgan fingerprint density at radius 1 is 1.11 bits per heavy atom. The number of nitrogens with zero attached hydrogens (tertiary/aromatic N) is 2. The van der Waals surface area contributed by atoms with Gasteiger partial charge in [0.25, 0.3) is 5.91 Å². The molecule has 0 atom stereocenters. The van der Waals surface area contributed by atoms with E-state index in [2.05, 4.69) is 11.9 Å². The fourth-order valence-corrected chi connectivity index (χ4v) is 2.12. The minimum atomic E-state index is 0. The molecule has 0 spiro atoms. The Bertz CT molecular complexity index is 431. The monoisotopic (exact) mass is 308 g/mol. The predicted octanol–water partition coefficient (Wildman–Crippen LogP) is 2.80. The summed E-state index contributed by atoms with van der Waals surface area (Å²) in [6, 6.07) is 5.01. The van der Waals surface area contributed by atoms with Gasteiger partial charge in [0.15, 0.2) is 0 Å². The number of carbonyl (C=O) groups excluding carboxylic acids is 1. The maximum absolute atomic E-state index is 12.2. The van der Waals surface area contributed by atoms with Crippen molar-refractivity contribution in [1.29, 1.82) is 0 Å². The number of likely N-dealkylation sites (N-methyl/N-ethyl adjacent to an activating group) is 1. The quantitative estimate of drug-likeness (QED) is 0.796. The zero-order valence-corrected chi connectivity index (χ0v) is 12.4. The van der Waals surface area contributed by atoms with Crippen molar-refractivity contribution in [1.82, 2.24) is 9.80 Å². The lowest BCUT2D eigenvalue weighted by Gasteiger charge is -2.32. The van der Waals surface area contributed by atoms with Crippen LogP contribution in [0.4, 0.5) is 0 Å². The molecular weight excluding hydrogens is 295 g/mol. The molecule has 0 aromatic heterocycles. The lowest BCUT2D eigenvalue weighted by Crippen LogP contribution is -2.47. The van der Waals surface area contributed by atoms with Crippen LogP contribution in [0, 0.1) is 0 Å². The van der Waals surface area contributed by atoms with Crippen LogP contribution in [0.5, 0.6) is 0 Å². The number of amides is 1. The fraction of sp³-hybridized carbons (Fsp3) is 0.417. The summed E-state index contributed by atoms with van der Waals surface area (Å²) in [5, 5.41) is 0.897. The molecule has 0 bridgehead atoms. The molecule has 1 saturated heterocycles. The van der Waals surface area contributed by atoms with Crippen LogP contribution in [0.3, 0.4) is 0 Å². The molecule has 1 amide bonds. The summed E-state index contributed by atoms with van der Waals surface area (Å²) in [6.07, 6.45) is 0. The maximum atomic E-state index is 12.2. The van der Waals surface area contributed by atoms with Gasteiger partial charge in [0, 0.05) is 31.7 Å². The Morgan fingerprint density at radius 2 is 1.72 bits per heavy atom. The number of carbonyl (C=O) groups is 1. The van der Waals surface area contributed by atoms with Crippen molar-refractivity contribution in [3.8, 4) is 0 Å². The molecule has 1 aliphatic rings. The minimum Gasteiger partial charge on any atom is -0.336 e. The smallest absolute Gasteiger partial charge is 0.253 e. The molecule has 18 heavy (non-hydrogen) atoms. The van der Waals surface area contributed by atoms with Gasteiger partial charge in [-0.3, -0.25) is 4.79 Å². The first kappa shape index (κ1) is 15.6. The van der Waals surface area contributed by atoms with Gasteiger partial charge in [-0.1, -0.05) is 23.2 Å². The molecule has 1 aromatic carbocycles. The molecule has 3 nitrogen and oxygen atoms in total. The summed E-state index contributed by atoms with van der Waals surface area (Å²) >= 11 is 11.7. The average molecular weight is 310 g/mol. The second-order valence-corrected chi connectivity index (χ2v) is 5.04. The molecule has 0 unspecified atom stereocenters. The van der Waals surface area contributed by atoms with Gasteiger partial charge in [-0.25, -0.2) is 0 Å². The third-order valence-electron chi connectivity index (χ3n) is 2.96. The maximum Gasteiger partial charge on any atom is 0.253 e. The van der Waals surface area contributed by atoms with E-state index in [1.54, 1.807) is 18.2 Å². The molecule has 0 aliphatic carbocycles. The summed E-state index contributed by atoms with van der Waals surface area (Å²) in [7, 11) is 2.06. The molecule has 2 rings (SSSR count). The second kappa shape index (κ2) is 6.62. The van der Waals surface area contributed by atoms with E-state index in [9.17, 15) is 4.79 Å².